The molecule has 0 aliphatic rings. The molecule has 0 fully saturated rings. The molecule has 0 aromatic carbocycles. The van der Waals surface area contributed by atoms with Crippen LogP contribution in [0.5, 0.6) is 0 Å². The van der Waals surface area contributed by atoms with Crippen molar-refractivity contribution in [2.24, 2.45) is 0 Å². The minimum atomic E-state index is 0.539. The van der Waals surface area contributed by atoms with E-state index < -0.39 is 0 Å². The zero-order valence-corrected chi connectivity index (χ0v) is 9.83. The van der Waals surface area contributed by atoms with E-state index in [2.05, 4.69) is 21.3 Å². The van der Waals surface area contributed by atoms with E-state index in [0.29, 0.717) is 27.8 Å². The van der Waals surface area contributed by atoms with Crippen molar-refractivity contribution in [2.75, 3.05) is 0 Å². The number of nitriles is 1. The Morgan fingerprint density at radius 3 is 2.78 bits per heavy atom. The van der Waals surface area contributed by atoms with Gasteiger partial charge in [-0.1, -0.05) is 11.6 Å². The molecular weight excluding hydrogens is 250 g/mol. The second-order valence-electron chi connectivity index (χ2n) is 3.64. The number of aromatic nitrogens is 4. The largest absolute Gasteiger partial charge is 0.280 e. The Hall–Kier alpha value is -2.45. The molecular formula is C12H6ClN5. The average molecular weight is 256 g/mol. The first-order valence-corrected chi connectivity index (χ1v) is 5.52. The highest BCUT2D eigenvalue weighted by Crippen LogP contribution is 2.18. The van der Waals surface area contributed by atoms with E-state index in [1.54, 1.807) is 41.1 Å². The molecule has 3 rings (SSSR count). The lowest BCUT2D eigenvalue weighted by molar-refractivity contribution is 1.09. The van der Waals surface area contributed by atoms with Crippen LogP contribution in [0.3, 0.4) is 0 Å². The second-order valence-corrected chi connectivity index (χ2v) is 4.08. The third-order valence-corrected chi connectivity index (χ3v) is 2.71. The third-order valence-electron chi connectivity index (χ3n) is 2.49. The van der Waals surface area contributed by atoms with Gasteiger partial charge in [0.2, 0.25) is 0 Å². The van der Waals surface area contributed by atoms with E-state index in [0.717, 1.165) is 0 Å². The van der Waals surface area contributed by atoms with Crippen molar-refractivity contribution in [2.45, 2.75) is 0 Å². The van der Waals surface area contributed by atoms with Crippen molar-refractivity contribution in [3.8, 4) is 17.6 Å². The van der Waals surface area contributed by atoms with Gasteiger partial charge in [-0.2, -0.15) is 5.26 Å². The van der Waals surface area contributed by atoms with E-state index >= 15 is 0 Å². The highest BCUT2D eigenvalue weighted by molar-refractivity contribution is 6.30. The number of rotatable bonds is 1. The molecule has 18 heavy (non-hydrogen) atoms. The predicted molar refractivity (Wildman–Crippen MR) is 65.9 cm³/mol. The first-order chi connectivity index (χ1) is 8.78. The summed E-state index contributed by atoms with van der Waals surface area (Å²) in [4.78, 5) is 4.19. The fourth-order valence-electron chi connectivity index (χ4n) is 1.64. The summed E-state index contributed by atoms with van der Waals surface area (Å²) in [5, 5.41) is 17.5. The number of halogens is 1. The Morgan fingerprint density at radius 1 is 1.17 bits per heavy atom. The van der Waals surface area contributed by atoms with Crippen LogP contribution in [-0.4, -0.2) is 19.6 Å². The van der Waals surface area contributed by atoms with Crippen LogP contribution in [0.15, 0.2) is 36.7 Å². The van der Waals surface area contributed by atoms with Gasteiger partial charge in [0.15, 0.2) is 11.5 Å². The Labute approximate surface area is 107 Å². The Kier molecular flexibility index (Phi) is 2.43. The molecule has 0 N–H and O–H groups in total. The Balaban J connectivity index is 2.23. The number of hydrogen-bond donors (Lipinski definition) is 0. The number of hydrogen-bond acceptors (Lipinski definition) is 4. The lowest BCUT2D eigenvalue weighted by Gasteiger charge is -1.99. The van der Waals surface area contributed by atoms with Crippen molar-refractivity contribution >= 4 is 17.2 Å². The van der Waals surface area contributed by atoms with Crippen molar-refractivity contribution < 1.29 is 0 Å². The SMILES string of the molecule is N#Cc1ccc2nnc(-c3ccc(Cl)cn3)n2c1. The van der Waals surface area contributed by atoms with Crippen molar-refractivity contribution in [3.63, 3.8) is 0 Å². The van der Waals surface area contributed by atoms with Crippen LogP contribution in [0.2, 0.25) is 5.02 Å². The molecule has 0 amide bonds. The second kappa shape index (κ2) is 4.09. The fraction of sp³-hybridized carbons (Fsp3) is 0. The maximum atomic E-state index is 8.90. The van der Waals surface area contributed by atoms with Gasteiger partial charge in [0.05, 0.1) is 10.6 Å². The van der Waals surface area contributed by atoms with Crippen molar-refractivity contribution in [1.82, 2.24) is 19.6 Å². The van der Waals surface area contributed by atoms with Crippen LogP contribution in [0.4, 0.5) is 0 Å². The maximum absolute atomic E-state index is 8.90. The summed E-state index contributed by atoms with van der Waals surface area (Å²) >= 11 is 5.79. The topological polar surface area (TPSA) is 66.9 Å². The Bertz CT molecular complexity index is 754. The monoisotopic (exact) mass is 255 g/mol. The minimum absolute atomic E-state index is 0.539. The van der Waals surface area contributed by atoms with E-state index in [1.807, 2.05) is 0 Å². The van der Waals surface area contributed by atoms with Gasteiger partial charge in [-0.25, -0.2) is 0 Å². The molecule has 3 heterocycles. The van der Waals surface area contributed by atoms with Gasteiger partial charge in [-0.15, -0.1) is 10.2 Å². The van der Waals surface area contributed by atoms with Crippen LogP contribution in [0, 0.1) is 11.3 Å². The molecule has 0 aliphatic carbocycles. The molecule has 0 bridgehead atoms. The number of nitrogens with zero attached hydrogens (tertiary/aromatic N) is 5. The van der Waals surface area contributed by atoms with Gasteiger partial charge in [0, 0.05) is 12.4 Å². The molecule has 86 valence electrons. The van der Waals surface area contributed by atoms with Gasteiger partial charge >= 0.3 is 0 Å². The van der Waals surface area contributed by atoms with Gasteiger partial charge in [0.25, 0.3) is 0 Å². The molecule has 6 heteroatoms. The fourth-order valence-corrected chi connectivity index (χ4v) is 1.75. The van der Waals surface area contributed by atoms with Crippen LogP contribution in [0.1, 0.15) is 5.56 Å². The molecule has 0 aliphatic heterocycles. The molecule has 3 aromatic rings. The quantitative estimate of drug-likeness (QED) is 0.669. The first kappa shape index (κ1) is 10.7. The van der Waals surface area contributed by atoms with Gasteiger partial charge < -0.3 is 0 Å². The van der Waals surface area contributed by atoms with E-state index in [9.17, 15) is 0 Å². The molecule has 3 aromatic heterocycles. The zero-order valence-electron chi connectivity index (χ0n) is 9.08. The molecule has 0 saturated carbocycles. The summed E-state index contributed by atoms with van der Waals surface area (Å²) in [5.74, 6) is 0.582. The zero-order chi connectivity index (χ0) is 12.5. The summed E-state index contributed by atoms with van der Waals surface area (Å²) in [5.41, 5.74) is 1.86. The van der Waals surface area contributed by atoms with Gasteiger partial charge in [-0.05, 0) is 24.3 Å². The molecule has 5 nitrogen and oxygen atoms in total. The highest BCUT2D eigenvalue weighted by Gasteiger charge is 2.09. The van der Waals surface area contributed by atoms with Crippen molar-refractivity contribution in [3.05, 3.63) is 47.2 Å². The smallest absolute Gasteiger partial charge is 0.187 e. The first-order valence-electron chi connectivity index (χ1n) is 5.15. The van der Waals surface area contributed by atoms with Crippen molar-refractivity contribution in [1.29, 1.82) is 5.26 Å². The number of fused-ring (bicyclic) bond motifs is 1. The average Bonchev–Trinajstić information content (AvgIpc) is 2.82. The normalized spacial score (nSPS) is 10.4. The highest BCUT2D eigenvalue weighted by atomic mass is 35.5. The predicted octanol–water partition coefficient (Wildman–Crippen LogP) is 2.32. The molecule has 0 atom stereocenters. The summed E-state index contributed by atoms with van der Waals surface area (Å²) < 4.78 is 1.73. The van der Waals surface area contributed by atoms with E-state index in [-0.39, 0.29) is 0 Å². The summed E-state index contributed by atoms with van der Waals surface area (Å²) in [6.07, 6.45) is 3.23. The van der Waals surface area contributed by atoms with Gasteiger partial charge in [-0.3, -0.25) is 9.38 Å². The maximum Gasteiger partial charge on any atom is 0.187 e. The summed E-state index contributed by atoms with van der Waals surface area (Å²) in [7, 11) is 0. The lowest BCUT2D eigenvalue weighted by atomic mass is 10.3. The summed E-state index contributed by atoms with van der Waals surface area (Å²) in [6.45, 7) is 0. The Morgan fingerprint density at radius 2 is 2.06 bits per heavy atom. The van der Waals surface area contributed by atoms with Crippen LogP contribution < -0.4 is 0 Å². The van der Waals surface area contributed by atoms with Crippen LogP contribution in [-0.2, 0) is 0 Å². The molecule has 0 unspecified atom stereocenters. The van der Waals surface area contributed by atoms with E-state index in [1.165, 1.54) is 0 Å². The minimum Gasteiger partial charge on any atom is -0.280 e. The lowest BCUT2D eigenvalue weighted by Crippen LogP contribution is -1.92. The third kappa shape index (κ3) is 1.69. The molecule has 0 radical (unpaired) electrons. The standard InChI is InChI=1S/C12H6ClN5/c13-9-2-3-10(15-6-9)12-17-16-11-4-1-8(5-14)7-18(11)12/h1-4,6-7H. The van der Waals surface area contributed by atoms with E-state index in [4.69, 9.17) is 16.9 Å². The van der Waals surface area contributed by atoms with Crippen LogP contribution in [0.25, 0.3) is 17.2 Å². The van der Waals surface area contributed by atoms with Gasteiger partial charge in [0.1, 0.15) is 11.8 Å². The van der Waals surface area contributed by atoms with Crippen LogP contribution >= 0.6 is 11.6 Å². The molecule has 0 spiro atoms. The summed E-state index contributed by atoms with van der Waals surface area (Å²) in [6, 6.07) is 9.01. The number of pyridine rings is 2. The molecule has 0 saturated heterocycles.